The molecule has 2 N–H and O–H groups in total. The predicted molar refractivity (Wildman–Crippen MR) is 61.5 cm³/mol. The first kappa shape index (κ1) is 11.0. The molecule has 16 heavy (non-hydrogen) atoms. The van der Waals surface area contributed by atoms with Crippen molar-refractivity contribution in [3.63, 3.8) is 0 Å². The smallest absolute Gasteiger partial charge is 0.254 e. The average molecular weight is 220 g/mol. The van der Waals surface area contributed by atoms with E-state index in [9.17, 15) is 9.90 Å². The van der Waals surface area contributed by atoms with Gasteiger partial charge >= 0.3 is 0 Å². The lowest BCUT2D eigenvalue weighted by atomic mass is 10.1. The minimum Gasteiger partial charge on any atom is -0.508 e. The van der Waals surface area contributed by atoms with Gasteiger partial charge in [0, 0.05) is 31.2 Å². The first-order valence-corrected chi connectivity index (χ1v) is 5.49. The van der Waals surface area contributed by atoms with Crippen LogP contribution in [0, 0.1) is 0 Å². The molecule has 0 radical (unpaired) electrons. The maximum atomic E-state index is 12.1. The fraction of sp³-hybridized carbons (Fsp3) is 0.417. The lowest BCUT2D eigenvalue weighted by Gasteiger charge is -2.34. The first-order chi connectivity index (χ1) is 7.68. The summed E-state index contributed by atoms with van der Waals surface area (Å²) in [5, 5.41) is 12.6. The number of phenolic OH excluding ortho intramolecular Hbond substituents is 1. The molecule has 1 aliphatic rings. The standard InChI is InChI=1S/C12H16N2O2/c1-9-8-13-5-6-14(9)12(16)10-3-2-4-11(15)7-10/h2-4,7,9,13,15H,5-6,8H2,1H3/t9-/m0/s1. The van der Waals surface area contributed by atoms with Crippen LogP contribution < -0.4 is 5.32 Å². The Balaban J connectivity index is 2.17. The molecule has 1 fully saturated rings. The van der Waals surface area contributed by atoms with Crippen LogP contribution in [0.5, 0.6) is 5.75 Å². The van der Waals surface area contributed by atoms with Gasteiger partial charge in [-0.25, -0.2) is 0 Å². The van der Waals surface area contributed by atoms with Crippen molar-refractivity contribution in [3.05, 3.63) is 29.8 Å². The van der Waals surface area contributed by atoms with Gasteiger partial charge < -0.3 is 15.3 Å². The fourth-order valence-electron chi connectivity index (χ4n) is 1.95. The summed E-state index contributed by atoms with van der Waals surface area (Å²) in [6, 6.07) is 6.70. The van der Waals surface area contributed by atoms with E-state index in [0.717, 1.165) is 19.6 Å². The normalized spacial score (nSPS) is 20.8. The number of aromatic hydroxyl groups is 1. The van der Waals surface area contributed by atoms with E-state index in [1.165, 1.54) is 6.07 Å². The molecule has 0 aromatic heterocycles. The summed E-state index contributed by atoms with van der Waals surface area (Å²) in [5.74, 6) is 0.124. The van der Waals surface area contributed by atoms with E-state index in [1.54, 1.807) is 18.2 Å². The molecular formula is C12H16N2O2. The van der Waals surface area contributed by atoms with Crippen molar-refractivity contribution in [3.8, 4) is 5.75 Å². The Kier molecular flexibility index (Phi) is 3.10. The summed E-state index contributed by atoms with van der Waals surface area (Å²) < 4.78 is 0. The van der Waals surface area contributed by atoms with E-state index in [0.29, 0.717) is 5.56 Å². The van der Waals surface area contributed by atoms with Gasteiger partial charge in [-0.3, -0.25) is 4.79 Å². The highest BCUT2D eigenvalue weighted by Crippen LogP contribution is 2.15. The van der Waals surface area contributed by atoms with Crippen LogP contribution in [0.4, 0.5) is 0 Å². The lowest BCUT2D eigenvalue weighted by Crippen LogP contribution is -2.52. The maximum absolute atomic E-state index is 12.1. The number of amides is 1. The molecule has 2 rings (SSSR count). The number of hydrogen-bond donors (Lipinski definition) is 2. The number of rotatable bonds is 1. The highest BCUT2D eigenvalue weighted by atomic mass is 16.3. The van der Waals surface area contributed by atoms with Crippen LogP contribution in [-0.2, 0) is 0 Å². The zero-order valence-electron chi connectivity index (χ0n) is 9.31. The molecule has 0 saturated carbocycles. The van der Waals surface area contributed by atoms with E-state index in [-0.39, 0.29) is 17.7 Å². The maximum Gasteiger partial charge on any atom is 0.254 e. The van der Waals surface area contributed by atoms with Crippen LogP contribution >= 0.6 is 0 Å². The van der Waals surface area contributed by atoms with Crippen LogP contribution in [0.15, 0.2) is 24.3 Å². The largest absolute Gasteiger partial charge is 0.508 e. The van der Waals surface area contributed by atoms with Crippen molar-refractivity contribution in [1.82, 2.24) is 10.2 Å². The van der Waals surface area contributed by atoms with Gasteiger partial charge in [0.25, 0.3) is 5.91 Å². The zero-order valence-corrected chi connectivity index (χ0v) is 9.31. The van der Waals surface area contributed by atoms with Gasteiger partial charge in [0.05, 0.1) is 0 Å². The number of piperazine rings is 1. The Morgan fingerprint density at radius 1 is 1.56 bits per heavy atom. The minimum atomic E-state index is -0.00935. The third-order valence-corrected chi connectivity index (χ3v) is 2.86. The number of nitrogens with one attached hydrogen (secondary N) is 1. The predicted octanol–water partition coefficient (Wildman–Crippen LogP) is 0.826. The van der Waals surface area contributed by atoms with E-state index in [2.05, 4.69) is 5.32 Å². The molecule has 1 aromatic carbocycles. The van der Waals surface area contributed by atoms with Crippen LogP contribution in [0.3, 0.4) is 0 Å². The number of nitrogens with zero attached hydrogens (tertiary/aromatic N) is 1. The summed E-state index contributed by atoms with van der Waals surface area (Å²) in [5.41, 5.74) is 0.550. The molecule has 4 heteroatoms. The van der Waals surface area contributed by atoms with Crippen LogP contribution in [-0.4, -0.2) is 41.6 Å². The van der Waals surface area contributed by atoms with Crippen LogP contribution in [0.2, 0.25) is 0 Å². The van der Waals surface area contributed by atoms with Gasteiger partial charge in [-0.2, -0.15) is 0 Å². The Morgan fingerprint density at radius 3 is 3.06 bits per heavy atom. The first-order valence-electron chi connectivity index (χ1n) is 5.49. The summed E-state index contributed by atoms with van der Waals surface area (Å²) >= 11 is 0. The summed E-state index contributed by atoms with van der Waals surface area (Å²) in [7, 11) is 0. The van der Waals surface area contributed by atoms with Crippen molar-refractivity contribution in [2.24, 2.45) is 0 Å². The van der Waals surface area contributed by atoms with E-state index in [1.807, 2.05) is 11.8 Å². The van der Waals surface area contributed by atoms with Crippen molar-refractivity contribution < 1.29 is 9.90 Å². The van der Waals surface area contributed by atoms with Crippen molar-refractivity contribution in [2.45, 2.75) is 13.0 Å². The second-order valence-electron chi connectivity index (χ2n) is 4.10. The quantitative estimate of drug-likeness (QED) is 0.737. The molecular weight excluding hydrogens is 204 g/mol. The zero-order chi connectivity index (χ0) is 11.5. The van der Waals surface area contributed by atoms with Crippen molar-refractivity contribution in [2.75, 3.05) is 19.6 Å². The van der Waals surface area contributed by atoms with E-state index in [4.69, 9.17) is 0 Å². The number of benzene rings is 1. The van der Waals surface area contributed by atoms with Gasteiger partial charge in [-0.05, 0) is 25.1 Å². The topological polar surface area (TPSA) is 52.6 Å². The molecule has 1 heterocycles. The Hall–Kier alpha value is -1.55. The summed E-state index contributed by atoms with van der Waals surface area (Å²) in [4.78, 5) is 14.0. The molecule has 0 bridgehead atoms. The third kappa shape index (κ3) is 2.17. The molecule has 1 amide bonds. The second kappa shape index (κ2) is 4.53. The molecule has 0 spiro atoms. The fourth-order valence-corrected chi connectivity index (χ4v) is 1.95. The molecule has 1 aromatic rings. The highest BCUT2D eigenvalue weighted by molar-refractivity contribution is 5.94. The Labute approximate surface area is 94.9 Å². The van der Waals surface area contributed by atoms with Crippen LogP contribution in [0.25, 0.3) is 0 Å². The van der Waals surface area contributed by atoms with Crippen LogP contribution in [0.1, 0.15) is 17.3 Å². The number of carbonyl (C=O) groups excluding carboxylic acids is 1. The average Bonchev–Trinajstić information content (AvgIpc) is 2.29. The van der Waals surface area contributed by atoms with Gasteiger partial charge in [-0.1, -0.05) is 6.07 Å². The SMILES string of the molecule is C[C@H]1CNCCN1C(=O)c1cccc(O)c1. The molecule has 86 valence electrons. The Bertz CT molecular complexity index is 392. The van der Waals surface area contributed by atoms with Gasteiger partial charge in [0.1, 0.15) is 5.75 Å². The number of carbonyl (C=O) groups is 1. The Morgan fingerprint density at radius 2 is 2.38 bits per heavy atom. The number of phenols is 1. The molecule has 1 aliphatic heterocycles. The summed E-state index contributed by atoms with van der Waals surface area (Å²) in [6.07, 6.45) is 0. The van der Waals surface area contributed by atoms with Crippen molar-refractivity contribution >= 4 is 5.91 Å². The number of hydrogen-bond acceptors (Lipinski definition) is 3. The summed E-state index contributed by atoms with van der Waals surface area (Å²) in [6.45, 7) is 4.39. The molecule has 0 unspecified atom stereocenters. The highest BCUT2D eigenvalue weighted by Gasteiger charge is 2.23. The van der Waals surface area contributed by atoms with Gasteiger partial charge in [-0.15, -0.1) is 0 Å². The van der Waals surface area contributed by atoms with E-state index < -0.39 is 0 Å². The molecule has 0 aliphatic carbocycles. The second-order valence-corrected chi connectivity index (χ2v) is 4.10. The van der Waals surface area contributed by atoms with Crippen molar-refractivity contribution in [1.29, 1.82) is 0 Å². The minimum absolute atomic E-state index is 0.00935. The van der Waals surface area contributed by atoms with Gasteiger partial charge in [0.2, 0.25) is 0 Å². The van der Waals surface area contributed by atoms with Gasteiger partial charge in [0.15, 0.2) is 0 Å². The monoisotopic (exact) mass is 220 g/mol. The molecule has 1 atom stereocenters. The lowest BCUT2D eigenvalue weighted by molar-refractivity contribution is 0.0655. The third-order valence-electron chi connectivity index (χ3n) is 2.86. The molecule has 1 saturated heterocycles. The molecule has 4 nitrogen and oxygen atoms in total. The van der Waals surface area contributed by atoms with E-state index >= 15 is 0 Å².